The van der Waals surface area contributed by atoms with Crippen molar-refractivity contribution in [2.24, 2.45) is 0 Å². The Morgan fingerprint density at radius 1 is 1.14 bits per heavy atom. The molecule has 0 aliphatic rings. The fourth-order valence-electron chi connectivity index (χ4n) is 2.08. The van der Waals surface area contributed by atoms with Crippen molar-refractivity contribution in [3.63, 3.8) is 0 Å². The number of benzene rings is 2. The minimum Gasteiger partial charge on any atom is -0.298 e. The van der Waals surface area contributed by atoms with Crippen molar-refractivity contribution in [2.75, 3.05) is 0 Å². The Balaban J connectivity index is 2.15. The van der Waals surface area contributed by atoms with E-state index in [4.69, 9.17) is 0 Å². The van der Waals surface area contributed by atoms with Gasteiger partial charge in [0.25, 0.3) is 0 Å². The molecule has 0 amide bonds. The number of aromatic nitrogens is 2. The summed E-state index contributed by atoms with van der Waals surface area (Å²) in [6.07, 6.45) is 2.41. The van der Waals surface area contributed by atoms with Gasteiger partial charge in [0.15, 0.2) is 6.29 Å². The highest BCUT2D eigenvalue weighted by Gasteiger charge is 2.14. The van der Waals surface area contributed by atoms with Crippen molar-refractivity contribution in [2.45, 2.75) is 0 Å². The maximum absolute atomic E-state index is 13.2. The number of halogens is 2. The maximum Gasteiger partial charge on any atom is 0.153 e. The van der Waals surface area contributed by atoms with E-state index in [2.05, 4.69) is 21.0 Å². The number of para-hydroxylation sites is 1. The molecule has 1 heterocycles. The molecule has 0 fully saturated rings. The largest absolute Gasteiger partial charge is 0.298 e. The first-order valence-corrected chi connectivity index (χ1v) is 7.04. The highest BCUT2D eigenvalue weighted by molar-refractivity contribution is 9.10. The molecule has 0 atom stereocenters. The molecule has 2 aromatic carbocycles. The van der Waals surface area contributed by atoms with Crippen LogP contribution in [0.2, 0.25) is 0 Å². The van der Waals surface area contributed by atoms with E-state index < -0.39 is 0 Å². The van der Waals surface area contributed by atoms with Gasteiger partial charge in [0.1, 0.15) is 11.5 Å². The third-order valence-electron chi connectivity index (χ3n) is 3.08. The van der Waals surface area contributed by atoms with E-state index in [0.29, 0.717) is 21.3 Å². The van der Waals surface area contributed by atoms with Crippen LogP contribution in [-0.2, 0) is 0 Å². The van der Waals surface area contributed by atoms with Gasteiger partial charge in [0, 0.05) is 16.2 Å². The SMILES string of the molecule is O=Cc1cn(-c2ccccc2)nc1-c1ccc(F)cc1Br. The minimum atomic E-state index is -0.347. The van der Waals surface area contributed by atoms with Gasteiger partial charge in [0.05, 0.1) is 11.3 Å². The predicted molar refractivity (Wildman–Crippen MR) is 82.0 cm³/mol. The number of aldehydes is 1. The minimum absolute atomic E-state index is 0.347. The molecule has 0 saturated heterocycles. The Hall–Kier alpha value is -2.27. The van der Waals surface area contributed by atoms with Gasteiger partial charge in [-0.25, -0.2) is 9.07 Å². The van der Waals surface area contributed by atoms with Crippen LogP contribution in [0.25, 0.3) is 16.9 Å². The lowest BCUT2D eigenvalue weighted by Crippen LogP contribution is -1.94. The number of carbonyl (C=O) groups excluding carboxylic acids is 1. The molecule has 104 valence electrons. The molecule has 3 rings (SSSR count). The number of carbonyl (C=O) groups is 1. The summed E-state index contributed by atoms with van der Waals surface area (Å²) in [6, 6.07) is 13.8. The smallest absolute Gasteiger partial charge is 0.153 e. The second-order valence-corrected chi connectivity index (χ2v) is 5.31. The molecule has 5 heteroatoms. The summed E-state index contributed by atoms with van der Waals surface area (Å²) in [5.41, 5.74) is 2.49. The normalized spacial score (nSPS) is 10.6. The Morgan fingerprint density at radius 3 is 2.57 bits per heavy atom. The molecule has 0 bridgehead atoms. The Labute approximate surface area is 129 Å². The van der Waals surface area contributed by atoms with E-state index in [0.717, 1.165) is 12.0 Å². The number of hydrogen-bond donors (Lipinski definition) is 0. The predicted octanol–water partition coefficient (Wildman–Crippen LogP) is 4.25. The van der Waals surface area contributed by atoms with Gasteiger partial charge >= 0.3 is 0 Å². The first-order chi connectivity index (χ1) is 10.2. The van der Waals surface area contributed by atoms with Crippen LogP contribution in [0, 0.1) is 5.82 Å². The molecule has 0 spiro atoms. The molecule has 0 aliphatic carbocycles. The molecule has 0 radical (unpaired) electrons. The molecule has 3 aromatic rings. The van der Waals surface area contributed by atoms with Gasteiger partial charge in [-0.15, -0.1) is 0 Å². The van der Waals surface area contributed by atoms with Crippen LogP contribution < -0.4 is 0 Å². The maximum atomic E-state index is 13.2. The van der Waals surface area contributed by atoms with Gasteiger partial charge in [-0.1, -0.05) is 18.2 Å². The molecular weight excluding hydrogens is 335 g/mol. The lowest BCUT2D eigenvalue weighted by Gasteiger charge is -2.02. The van der Waals surface area contributed by atoms with Crippen LogP contribution >= 0.6 is 15.9 Å². The molecule has 3 nitrogen and oxygen atoms in total. The van der Waals surface area contributed by atoms with Gasteiger partial charge in [-0.3, -0.25) is 4.79 Å². The van der Waals surface area contributed by atoms with Crippen molar-refractivity contribution < 1.29 is 9.18 Å². The highest BCUT2D eigenvalue weighted by Crippen LogP contribution is 2.30. The van der Waals surface area contributed by atoms with Crippen molar-refractivity contribution in [1.29, 1.82) is 0 Å². The third-order valence-corrected chi connectivity index (χ3v) is 3.73. The monoisotopic (exact) mass is 344 g/mol. The quantitative estimate of drug-likeness (QED) is 0.665. The van der Waals surface area contributed by atoms with E-state index in [1.807, 2.05) is 30.3 Å². The number of rotatable bonds is 3. The van der Waals surface area contributed by atoms with Crippen molar-refractivity contribution in [1.82, 2.24) is 9.78 Å². The molecule has 21 heavy (non-hydrogen) atoms. The lowest BCUT2D eigenvalue weighted by atomic mass is 10.1. The van der Waals surface area contributed by atoms with Gasteiger partial charge in [-0.05, 0) is 46.3 Å². The topological polar surface area (TPSA) is 34.9 Å². The molecule has 0 aliphatic heterocycles. The van der Waals surface area contributed by atoms with E-state index in [1.54, 1.807) is 16.9 Å². The average molecular weight is 345 g/mol. The summed E-state index contributed by atoms with van der Waals surface area (Å²) in [5.74, 6) is -0.347. The van der Waals surface area contributed by atoms with Gasteiger partial charge < -0.3 is 0 Å². The number of hydrogen-bond acceptors (Lipinski definition) is 2. The highest BCUT2D eigenvalue weighted by atomic mass is 79.9. The van der Waals surface area contributed by atoms with E-state index in [9.17, 15) is 9.18 Å². The van der Waals surface area contributed by atoms with Gasteiger partial charge in [-0.2, -0.15) is 5.10 Å². The Morgan fingerprint density at radius 2 is 1.90 bits per heavy atom. The standard InChI is InChI=1S/C16H10BrFN2O/c17-15-8-12(18)6-7-14(15)16-11(10-21)9-20(19-16)13-4-2-1-3-5-13/h1-10H. The van der Waals surface area contributed by atoms with Crippen LogP contribution in [0.1, 0.15) is 10.4 Å². The summed E-state index contributed by atoms with van der Waals surface area (Å²) < 4.78 is 15.4. The zero-order valence-corrected chi connectivity index (χ0v) is 12.4. The molecule has 0 N–H and O–H groups in total. The van der Waals surface area contributed by atoms with Crippen LogP contribution in [0.3, 0.4) is 0 Å². The van der Waals surface area contributed by atoms with Crippen LogP contribution in [0.15, 0.2) is 59.2 Å². The summed E-state index contributed by atoms with van der Waals surface area (Å²) in [5, 5.41) is 4.44. The van der Waals surface area contributed by atoms with Crippen molar-refractivity contribution in [3.05, 3.63) is 70.6 Å². The Bertz CT molecular complexity index is 799. The lowest BCUT2D eigenvalue weighted by molar-refractivity contribution is 0.112. The second-order valence-electron chi connectivity index (χ2n) is 4.46. The fraction of sp³-hybridized carbons (Fsp3) is 0. The second kappa shape index (κ2) is 5.61. The average Bonchev–Trinajstić information content (AvgIpc) is 2.92. The first kappa shape index (κ1) is 13.7. The summed E-state index contributed by atoms with van der Waals surface area (Å²) in [6.45, 7) is 0. The van der Waals surface area contributed by atoms with Crippen molar-refractivity contribution in [3.8, 4) is 16.9 Å². The summed E-state index contributed by atoms with van der Waals surface area (Å²) in [7, 11) is 0. The van der Waals surface area contributed by atoms with Gasteiger partial charge in [0.2, 0.25) is 0 Å². The van der Waals surface area contributed by atoms with Crippen LogP contribution in [0.4, 0.5) is 4.39 Å². The zero-order chi connectivity index (χ0) is 14.8. The van der Waals surface area contributed by atoms with Crippen LogP contribution in [0.5, 0.6) is 0 Å². The van der Waals surface area contributed by atoms with E-state index >= 15 is 0 Å². The Kier molecular flexibility index (Phi) is 3.66. The third kappa shape index (κ3) is 2.64. The fourth-order valence-corrected chi connectivity index (χ4v) is 2.62. The molecule has 0 saturated carbocycles. The van der Waals surface area contributed by atoms with E-state index in [-0.39, 0.29) is 5.82 Å². The van der Waals surface area contributed by atoms with E-state index in [1.165, 1.54) is 12.1 Å². The zero-order valence-electron chi connectivity index (χ0n) is 10.8. The van der Waals surface area contributed by atoms with Crippen molar-refractivity contribution >= 4 is 22.2 Å². The summed E-state index contributed by atoms with van der Waals surface area (Å²) >= 11 is 3.31. The molecule has 1 aromatic heterocycles. The first-order valence-electron chi connectivity index (χ1n) is 6.25. The molecular formula is C16H10BrFN2O. The number of nitrogens with zero attached hydrogens (tertiary/aromatic N) is 2. The van der Waals surface area contributed by atoms with Crippen LogP contribution in [-0.4, -0.2) is 16.1 Å². The molecule has 0 unspecified atom stereocenters. The summed E-state index contributed by atoms with van der Waals surface area (Å²) in [4.78, 5) is 11.3.